The standard InChI is InChI=1S/C23H27N3O2/c1-17-21(23(27)26(24(17)3)20-12-8-5-9-13-20)16-25-14-15-28-22(18(25)2)19-10-6-4-7-11-19/h4-13,18,22H,14-16H2,1-3H3/t18-,22-/m0/s1. The Bertz CT molecular complexity index is 992. The van der Waals surface area contributed by atoms with E-state index in [4.69, 9.17) is 4.74 Å². The zero-order valence-corrected chi connectivity index (χ0v) is 16.7. The van der Waals surface area contributed by atoms with E-state index in [2.05, 4.69) is 24.0 Å². The molecule has 3 aromatic rings. The third-order valence-corrected chi connectivity index (χ3v) is 5.85. The van der Waals surface area contributed by atoms with Crippen molar-refractivity contribution in [1.82, 2.24) is 14.3 Å². The van der Waals surface area contributed by atoms with Crippen LogP contribution < -0.4 is 5.56 Å². The fourth-order valence-corrected chi connectivity index (χ4v) is 4.08. The van der Waals surface area contributed by atoms with Gasteiger partial charge in [-0.1, -0.05) is 48.5 Å². The summed E-state index contributed by atoms with van der Waals surface area (Å²) in [5, 5.41) is 0. The Labute approximate surface area is 165 Å². The zero-order chi connectivity index (χ0) is 19.7. The third kappa shape index (κ3) is 3.32. The minimum absolute atomic E-state index is 0.0234. The van der Waals surface area contributed by atoms with Crippen LogP contribution in [-0.4, -0.2) is 33.5 Å². The Hall–Kier alpha value is -2.63. The van der Waals surface area contributed by atoms with Crippen molar-refractivity contribution in [3.05, 3.63) is 87.8 Å². The molecule has 0 unspecified atom stereocenters. The van der Waals surface area contributed by atoms with Crippen LogP contribution in [0.3, 0.4) is 0 Å². The van der Waals surface area contributed by atoms with Crippen LogP contribution in [-0.2, 0) is 18.3 Å². The van der Waals surface area contributed by atoms with Crippen LogP contribution in [0.25, 0.3) is 5.69 Å². The van der Waals surface area contributed by atoms with E-state index >= 15 is 0 Å². The molecule has 5 heteroatoms. The Balaban J connectivity index is 1.63. The number of ether oxygens (including phenoxy) is 1. The van der Waals surface area contributed by atoms with E-state index in [1.165, 1.54) is 5.56 Å². The second-order valence-corrected chi connectivity index (χ2v) is 7.45. The summed E-state index contributed by atoms with van der Waals surface area (Å²) in [7, 11) is 1.95. The van der Waals surface area contributed by atoms with Crippen LogP contribution in [0.5, 0.6) is 0 Å². The van der Waals surface area contributed by atoms with E-state index in [-0.39, 0.29) is 17.7 Å². The van der Waals surface area contributed by atoms with Crippen molar-refractivity contribution in [3.63, 3.8) is 0 Å². The minimum atomic E-state index is 0.0234. The van der Waals surface area contributed by atoms with E-state index in [9.17, 15) is 4.79 Å². The van der Waals surface area contributed by atoms with Gasteiger partial charge in [0.15, 0.2) is 0 Å². The van der Waals surface area contributed by atoms with Gasteiger partial charge >= 0.3 is 0 Å². The summed E-state index contributed by atoms with van der Waals surface area (Å²) >= 11 is 0. The number of morpholine rings is 1. The lowest BCUT2D eigenvalue weighted by Crippen LogP contribution is -2.45. The van der Waals surface area contributed by atoms with Crippen LogP contribution >= 0.6 is 0 Å². The van der Waals surface area contributed by atoms with Crippen molar-refractivity contribution in [3.8, 4) is 5.69 Å². The smallest absolute Gasteiger partial charge is 0.276 e. The van der Waals surface area contributed by atoms with Gasteiger partial charge in [-0.3, -0.25) is 14.4 Å². The molecule has 2 heterocycles. The van der Waals surface area contributed by atoms with Gasteiger partial charge < -0.3 is 4.74 Å². The molecule has 1 aliphatic rings. The number of hydrogen-bond donors (Lipinski definition) is 0. The van der Waals surface area contributed by atoms with E-state index in [1.807, 2.05) is 67.2 Å². The number of nitrogens with zero attached hydrogens (tertiary/aromatic N) is 3. The highest BCUT2D eigenvalue weighted by molar-refractivity contribution is 5.33. The molecule has 28 heavy (non-hydrogen) atoms. The molecule has 0 saturated carbocycles. The number of para-hydroxylation sites is 1. The molecule has 0 amide bonds. The predicted octanol–water partition coefficient (Wildman–Crippen LogP) is 3.45. The van der Waals surface area contributed by atoms with Crippen molar-refractivity contribution >= 4 is 0 Å². The number of hydrogen-bond acceptors (Lipinski definition) is 3. The molecule has 1 fully saturated rings. The average molecular weight is 377 g/mol. The minimum Gasteiger partial charge on any atom is -0.371 e. The molecule has 2 atom stereocenters. The molecule has 0 aliphatic carbocycles. The molecule has 0 radical (unpaired) electrons. The average Bonchev–Trinajstić information content (AvgIpc) is 2.94. The summed E-state index contributed by atoms with van der Waals surface area (Å²) in [5.74, 6) is 0. The normalized spacial score (nSPS) is 20.4. The lowest BCUT2D eigenvalue weighted by atomic mass is 10.00. The second kappa shape index (κ2) is 7.78. The van der Waals surface area contributed by atoms with Crippen molar-refractivity contribution in [2.24, 2.45) is 7.05 Å². The van der Waals surface area contributed by atoms with E-state index < -0.39 is 0 Å². The quantitative estimate of drug-likeness (QED) is 0.699. The fraction of sp³-hybridized carbons (Fsp3) is 0.348. The van der Waals surface area contributed by atoms with Gasteiger partial charge in [0.1, 0.15) is 0 Å². The maximum atomic E-state index is 13.2. The zero-order valence-electron chi connectivity index (χ0n) is 16.7. The van der Waals surface area contributed by atoms with Gasteiger partial charge in [-0.05, 0) is 31.5 Å². The summed E-state index contributed by atoms with van der Waals surface area (Å²) in [5.41, 5.74) is 3.99. The van der Waals surface area contributed by atoms with Gasteiger partial charge in [0.2, 0.25) is 0 Å². The van der Waals surface area contributed by atoms with Crippen molar-refractivity contribution in [1.29, 1.82) is 0 Å². The molecule has 146 valence electrons. The van der Waals surface area contributed by atoms with Crippen LogP contribution in [0.1, 0.15) is 29.8 Å². The molecule has 1 aromatic heterocycles. The molecular weight excluding hydrogens is 350 g/mol. The second-order valence-electron chi connectivity index (χ2n) is 7.45. The molecule has 5 nitrogen and oxygen atoms in total. The molecule has 4 rings (SSSR count). The molecule has 0 bridgehead atoms. The van der Waals surface area contributed by atoms with Gasteiger partial charge in [-0.15, -0.1) is 0 Å². The molecular formula is C23H27N3O2. The lowest BCUT2D eigenvalue weighted by molar-refractivity contribution is -0.0704. The Kier molecular flexibility index (Phi) is 5.20. The summed E-state index contributed by atoms with van der Waals surface area (Å²) in [6, 6.07) is 20.3. The van der Waals surface area contributed by atoms with Crippen LogP contribution in [0.15, 0.2) is 65.5 Å². The summed E-state index contributed by atoms with van der Waals surface area (Å²) in [6.45, 7) is 6.33. The van der Waals surface area contributed by atoms with Crippen molar-refractivity contribution in [2.75, 3.05) is 13.2 Å². The summed E-state index contributed by atoms with van der Waals surface area (Å²) in [6.07, 6.45) is 0.0234. The lowest BCUT2D eigenvalue weighted by Gasteiger charge is -2.39. The number of aromatic nitrogens is 2. The van der Waals surface area contributed by atoms with Crippen molar-refractivity contribution in [2.45, 2.75) is 32.5 Å². The maximum absolute atomic E-state index is 13.2. The van der Waals surface area contributed by atoms with Crippen LogP contribution in [0.2, 0.25) is 0 Å². The predicted molar refractivity (Wildman–Crippen MR) is 111 cm³/mol. The van der Waals surface area contributed by atoms with Crippen LogP contribution in [0, 0.1) is 6.92 Å². The summed E-state index contributed by atoms with van der Waals surface area (Å²) in [4.78, 5) is 15.6. The van der Waals surface area contributed by atoms with Gasteiger partial charge in [0.05, 0.1) is 24.0 Å². The van der Waals surface area contributed by atoms with Crippen LogP contribution in [0.4, 0.5) is 0 Å². The Morgan fingerprint density at radius 3 is 2.36 bits per heavy atom. The molecule has 0 spiro atoms. The highest BCUT2D eigenvalue weighted by Gasteiger charge is 2.31. The first kappa shape index (κ1) is 18.7. The highest BCUT2D eigenvalue weighted by atomic mass is 16.5. The first-order chi connectivity index (χ1) is 13.6. The van der Waals surface area contributed by atoms with E-state index in [1.54, 1.807) is 4.68 Å². The SMILES string of the molecule is Cc1c(CN2CCO[C@H](c3ccccc3)[C@@H]2C)c(=O)n(-c2ccccc2)n1C. The number of benzene rings is 2. The monoisotopic (exact) mass is 377 g/mol. The first-order valence-corrected chi connectivity index (χ1v) is 9.81. The Morgan fingerprint density at radius 1 is 1.04 bits per heavy atom. The van der Waals surface area contributed by atoms with Gasteiger partial charge in [-0.2, -0.15) is 0 Å². The van der Waals surface area contributed by atoms with Crippen molar-refractivity contribution < 1.29 is 4.74 Å². The van der Waals surface area contributed by atoms with Gasteiger partial charge in [0.25, 0.3) is 5.56 Å². The molecule has 1 aliphatic heterocycles. The maximum Gasteiger partial charge on any atom is 0.276 e. The highest BCUT2D eigenvalue weighted by Crippen LogP contribution is 2.29. The van der Waals surface area contributed by atoms with E-state index in [0.29, 0.717) is 13.2 Å². The largest absolute Gasteiger partial charge is 0.371 e. The topological polar surface area (TPSA) is 39.4 Å². The van der Waals surface area contributed by atoms with Gasteiger partial charge in [-0.25, -0.2) is 4.68 Å². The fourth-order valence-electron chi connectivity index (χ4n) is 4.08. The Morgan fingerprint density at radius 2 is 1.68 bits per heavy atom. The third-order valence-electron chi connectivity index (χ3n) is 5.85. The van der Waals surface area contributed by atoms with E-state index in [0.717, 1.165) is 23.5 Å². The molecule has 1 saturated heterocycles. The number of rotatable bonds is 4. The first-order valence-electron chi connectivity index (χ1n) is 9.81. The van der Waals surface area contributed by atoms with Gasteiger partial charge in [0, 0.05) is 31.9 Å². The summed E-state index contributed by atoms with van der Waals surface area (Å²) < 4.78 is 9.78. The molecule has 2 aromatic carbocycles. The molecule has 0 N–H and O–H groups in total.